The van der Waals surface area contributed by atoms with E-state index in [-0.39, 0.29) is 23.0 Å². The Bertz CT molecular complexity index is 1020. The van der Waals surface area contributed by atoms with Gasteiger partial charge in [-0.3, -0.25) is 9.59 Å². The Kier molecular flexibility index (Phi) is 7.07. The van der Waals surface area contributed by atoms with Gasteiger partial charge in [-0.05, 0) is 43.2 Å². The molecule has 1 aliphatic rings. The highest BCUT2D eigenvalue weighted by molar-refractivity contribution is 7.89. The van der Waals surface area contributed by atoms with Crippen LogP contribution in [0.1, 0.15) is 29.6 Å². The molecule has 0 saturated carbocycles. The fourth-order valence-electron chi connectivity index (χ4n) is 3.14. The number of piperidine rings is 1. The molecule has 0 atom stereocenters. The van der Waals surface area contributed by atoms with Crippen molar-refractivity contribution in [2.45, 2.75) is 24.2 Å². The van der Waals surface area contributed by atoms with E-state index in [0.29, 0.717) is 24.5 Å². The van der Waals surface area contributed by atoms with Gasteiger partial charge in [0.05, 0.1) is 4.90 Å². The molecule has 1 aliphatic heterocycles. The molecule has 8 nitrogen and oxygen atoms in total. The van der Waals surface area contributed by atoms with E-state index < -0.39 is 15.9 Å². The summed E-state index contributed by atoms with van der Waals surface area (Å²) in [5.41, 5.74) is 0.712. The Hall–Kier alpha value is -2.91. The lowest BCUT2D eigenvalue weighted by Gasteiger charge is -2.26. The van der Waals surface area contributed by atoms with Gasteiger partial charge in [-0.2, -0.15) is 4.31 Å². The van der Waals surface area contributed by atoms with E-state index in [0.717, 1.165) is 19.3 Å². The number of nitrogens with one attached hydrogen (secondary N) is 2. The summed E-state index contributed by atoms with van der Waals surface area (Å²) in [6.45, 7) is 0.869. The van der Waals surface area contributed by atoms with Crippen molar-refractivity contribution in [3.8, 4) is 5.75 Å². The zero-order chi connectivity index (χ0) is 21.6. The lowest BCUT2D eigenvalue weighted by Crippen LogP contribution is -2.35. The van der Waals surface area contributed by atoms with Crippen LogP contribution in [0.2, 0.25) is 0 Å². The molecule has 3 rings (SSSR count). The summed E-state index contributed by atoms with van der Waals surface area (Å²) in [5, 5.41) is 5.19. The third-order valence-corrected chi connectivity index (χ3v) is 6.68. The van der Waals surface area contributed by atoms with Gasteiger partial charge < -0.3 is 15.4 Å². The average Bonchev–Trinajstić information content (AvgIpc) is 2.78. The summed E-state index contributed by atoms with van der Waals surface area (Å²) in [6, 6.07) is 12.7. The smallest absolute Gasteiger partial charge is 0.257 e. The Labute approximate surface area is 176 Å². The molecule has 0 spiro atoms. The summed E-state index contributed by atoms with van der Waals surface area (Å²) in [6.07, 6.45) is 2.72. The van der Waals surface area contributed by atoms with Crippen LogP contribution in [0, 0.1) is 0 Å². The van der Waals surface area contributed by atoms with Crippen LogP contribution in [0.3, 0.4) is 0 Å². The number of nitrogens with zero attached hydrogens (tertiary/aromatic N) is 1. The van der Waals surface area contributed by atoms with Crippen molar-refractivity contribution < 1.29 is 22.7 Å². The number of sulfonamides is 1. The molecule has 160 valence electrons. The number of hydrogen-bond acceptors (Lipinski definition) is 5. The molecular weight excluding hydrogens is 406 g/mol. The van der Waals surface area contributed by atoms with Crippen molar-refractivity contribution in [1.29, 1.82) is 0 Å². The van der Waals surface area contributed by atoms with Gasteiger partial charge >= 0.3 is 0 Å². The van der Waals surface area contributed by atoms with Crippen LogP contribution in [0.15, 0.2) is 53.4 Å². The summed E-state index contributed by atoms with van der Waals surface area (Å²) < 4.78 is 32.6. The zero-order valence-corrected chi connectivity index (χ0v) is 17.6. The van der Waals surface area contributed by atoms with Crippen LogP contribution in [0.25, 0.3) is 0 Å². The topological polar surface area (TPSA) is 105 Å². The van der Waals surface area contributed by atoms with Crippen LogP contribution in [0.5, 0.6) is 5.75 Å². The largest absolute Gasteiger partial charge is 0.484 e. The highest BCUT2D eigenvalue weighted by Crippen LogP contribution is 2.22. The molecule has 0 aliphatic carbocycles. The first-order chi connectivity index (χ1) is 14.4. The van der Waals surface area contributed by atoms with Crippen molar-refractivity contribution in [1.82, 2.24) is 9.62 Å². The summed E-state index contributed by atoms with van der Waals surface area (Å²) in [5.74, 6) is -0.275. The molecule has 2 N–H and O–H groups in total. The highest BCUT2D eigenvalue weighted by Gasteiger charge is 2.26. The maximum Gasteiger partial charge on any atom is 0.257 e. The van der Waals surface area contributed by atoms with Crippen molar-refractivity contribution in [3.63, 3.8) is 0 Å². The van der Waals surface area contributed by atoms with Crippen molar-refractivity contribution in [2.24, 2.45) is 0 Å². The van der Waals surface area contributed by atoms with Gasteiger partial charge in [0.1, 0.15) is 5.75 Å². The first-order valence-electron chi connectivity index (χ1n) is 9.75. The summed E-state index contributed by atoms with van der Waals surface area (Å²) in [4.78, 5) is 24.1. The predicted molar refractivity (Wildman–Crippen MR) is 113 cm³/mol. The number of likely N-dealkylation sites (N-methyl/N-ethyl adjacent to an activating group) is 1. The van der Waals surface area contributed by atoms with Gasteiger partial charge in [0.25, 0.3) is 11.8 Å². The normalized spacial score (nSPS) is 14.7. The second-order valence-corrected chi connectivity index (χ2v) is 8.87. The van der Waals surface area contributed by atoms with Crippen molar-refractivity contribution in [3.05, 3.63) is 54.1 Å². The van der Waals surface area contributed by atoms with E-state index in [1.54, 1.807) is 36.4 Å². The molecule has 1 saturated heterocycles. The number of amides is 2. The standard InChI is InChI=1S/C21H25N3O5S/c1-22-20(25)15-29-18-9-6-8-17(14-18)23-21(26)16-7-5-10-19(13-16)30(27,28)24-11-3-2-4-12-24/h5-10,13-14H,2-4,11-12,15H2,1H3,(H,22,25)(H,23,26). The SMILES string of the molecule is CNC(=O)COc1cccc(NC(=O)c2cccc(S(=O)(=O)N3CCCCC3)c2)c1. The second kappa shape index (κ2) is 9.73. The van der Waals surface area contributed by atoms with Crippen molar-refractivity contribution >= 4 is 27.5 Å². The van der Waals surface area contributed by atoms with Gasteiger partial charge in [0.15, 0.2) is 6.61 Å². The molecule has 2 aromatic carbocycles. The predicted octanol–water partition coefficient (Wildman–Crippen LogP) is 2.24. The van der Waals surface area contributed by atoms with E-state index in [2.05, 4.69) is 10.6 Å². The minimum absolute atomic E-state index is 0.111. The molecule has 0 unspecified atom stereocenters. The fourth-order valence-corrected chi connectivity index (χ4v) is 4.70. The Balaban J connectivity index is 1.72. The summed E-state index contributed by atoms with van der Waals surface area (Å²) in [7, 11) is -2.10. The Morgan fingerprint density at radius 3 is 2.50 bits per heavy atom. The Morgan fingerprint density at radius 1 is 1.03 bits per heavy atom. The summed E-state index contributed by atoms with van der Waals surface area (Å²) >= 11 is 0. The molecule has 2 amide bonds. The van der Waals surface area contributed by atoms with Gasteiger partial charge in [0, 0.05) is 37.5 Å². The number of benzene rings is 2. The molecule has 2 aromatic rings. The van der Waals surface area contributed by atoms with Gasteiger partial charge in [0.2, 0.25) is 10.0 Å². The molecule has 0 bridgehead atoms. The van der Waals surface area contributed by atoms with E-state index in [1.165, 1.54) is 23.5 Å². The fraction of sp³-hybridized carbons (Fsp3) is 0.333. The molecule has 1 fully saturated rings. The zero-order valence-electron chi connectivity index (χ0n) is 16.8. The molecule has 9 heteroatoms. The van der Waals surface area contributed by atoms with Crippen LogP contribution in [-0.4, -0.2) is 51.3 Å². The van der Waals surface area contributed by atoms with Crippen LogP contribution < -0.4 is 15.4 Å². The molecule has 0 aromatic heterocycles. The van der Waals surface area contributed by atoms with Crippen LogP contribution in [0.4, 0.5) is 5.69 Å². The van der Waals surface area contributed by atoms with Gasteiger partial charge in [-0.1, -0.05) is 18.6 Å². The van der Waals surface area contributed by atoms with Gasteiger partial charge in [-0.15, -0.1) is 0 Å². The highest BCUT2D eigenvalue weighted by atomic mass is 32.2. The van der Waals surface area contributed by atoms with E-state index in [4.69, 9.17) is 4.74 Å². The number of ether oxygens (including phenoxy) is 1. The van der Waals surface area contributed by atoms with Crippen molar-refractivity contribution in [2.75, 3.05) is 32.1 Å². The lowest BCUT2D eigenvalue weighted by atomic mass is 10.2. The number of carbonyl (C=O) groups is 2. The molecule has 0 radical (unpaired) electrons. The monoisotopic (exact) mass is 431 g/mol. The third kappa shape index (κ3) is 5.37. The first kappa shape index (κ1) is 21.8. The van der Waals surface area contributed by atoms with E-state index in [9.17, 15) is 18.0 Å². The quantitative estimate of drug-likeness (QED) is 0.700. The molecular formula is C21H25N3O5S. The number of hydrogen-bond donors (Lipinski definition) is 2. The number of rotatable bonds is 7. The molecule has 30 heavy (non-hydrogen) atoms. The second-order valence-electron chi connectivity index (χ2n) is 6.94. The van der Waals surface area contributed by atoms with Crippen LogP contribution >= 0.6 is 0 Å². The lowest BCUT2D eigenvalue weighted by molar-refractivity contribution is -0.122. The average molecular weight is 432 g/mol. The van der Waals surface area contributed by atoms with Crippen LogP contribution in [-0.2, 0) is 14.8 Å². The van der Waals surface area contributed by atoms with Gasteiger partial charge in [-0.25, -0.2) is 8.42 Å². The van der Waals surface area contributed by atoms with E-state index >= 15 is 0 Å². The first-order valence-corrected chi connectivity index (χ1v) is 11.2. The molecule has 1 heterocycles. The third-order valence-electron chi connectivity index (χ3n) is 4.79. The minimum Gasteiger partial charge on any atom is -0.484 e. The maximum absolute atomic E-state index is 12.9. The number of carbonyl (C=O) groups excluding carboxylic acids is 2. The Morgan fingerprint density at radius 2 is 1.77 bits per heavy atom. The number of anilines is 1. The maximum atomic E-state index is 12.9. The van der Waals surface area contributed by atoms with E-state index in [1.807, 2.05) is 0 Å². The minimum atomic E-state index is -3.62.